The summed E-state index contributed by atoms with van der Waals surface area (Å²) in [5, 5.41) is 0. The first-order chi connectivity index (χ1) is 8.36. The SMILES string of the molecule is CCCCCN1CCN(CCCCCCl)CC1. The molecular weight excluding hydrogens is 232 g/mol. The van der Waals surface area contributed by atoms with E-state index < -0.39 is 0 Å². The second kappa shape index (κ2) is 10.2. The topological polar surface area (TPSA) is 6.48 Å². The molecule has 1 heterocycles. The van der Waals surface area contributed by atoms with Crippen LogP contribution in [0.3, 0.4) is 0 Å². The molecule has 0 unspecified atom stereocenters. The van der Waals surface area contributed by atoms with Crippen LogP contribution in [0.2, 0.25) is 0 Å². The van der Waals surface area contributed by atoms with E-state index in [2.05, 4.69) is 16.7 Å². The van der Waals surface area contributed by atoms with Crippen LogP contribution in [-0.4, -0.2) is 54.9 Å². The summed E-state index contributed by atoms with van der Waals surface area (Å²) >= 11 is 5.68. The molecule has 0 atom stereocenters. The largest absolute Gasteiger partial charge is 0.301 e. The highest BCUT2D eigenvalue weighted by molar-refractivity contribution is 6.17. The van der Waals surface area contributed by atoms with Gasteiger partial charge in [0.15, 0.2) is 0 Å². The Bertz CT molecular complexity index is 168. The molecule has 0 saturated carbocycles. The first-order valence-corrected chi connectivity index (χ1v) is 7.91. The fraction of sp³-hybridized carbons (Fsp3) is 1.00. The Hall–Kier alpha value is 0.210. The van der Waals surface area contributed by atoms with Crippen LogP contribution in [-0.2, 0) is 0 Å². The van der Waals surface area contributed by atoms with Crippen molar-refractivity contribution >= 4 is 11.6 Å². The Kier molecular flexibility index (Phi) is 9.13. The van der Waals surface area contributed by atoms with Crippen LogP contribution in [0.5, 0.6) is 0 Å². The number of piperazine rings is 1. The Morgan fingerprint density at radius 3 is 1.76 bits per heavy atom. The maximum atomic E-state index is 5.68. The van der Waals surface area contributed by atoms with Crippen LogP contribution < -0.4 is 0 Å². The van der Waals surface area contributed by atoms with Crippen molar-refractivity contribution in [1.82, 2.24) is 9.80 Å². The van der Waals surface area contributed by atoms with Gasteiger partial charge in [-0.05, 0) is 32.4 Å². The van der Waals surface area contributed by atoms with Gasteiger partial charge in [-0.15, -0.1) is 11.6 Å². The number of nitrogens with zero attached hydrogens (tertiary/aromatic N) is 2. The first kappa shape index (κ1) is 15.3. The zero-order valence-electron chi connectivity index (χ0n) is 11.5. The van der Waals surface area contributed by atoms with Gasteiger partial charge < -0.3 is 9.80 Å². The van der Waals surface area contributed by atoms with Gasteiger partial charge in [0.2, 0.25) is 0 Å². The van der Waals surface area contributed by atoms with Gasteiger partial charge in [0.1, 0.15) is 0 Å². The molecule has 1 fully saturated rings. The monoisotopic (exact) mass is 260 g/mol. The van der Waals surface area contributed by atoms with Crippen molar-refractivity contribution in [1.29, 1.82) is 0 Å². The molecule has 0 aromatic carbocycles. The summed E-state index contributed by atoms with van der Waals surface area (Å²) in [4.78, 5) is 5.25. The standard InChI is InChI=1S/C14H29ClN2/c1-2-3-6-9-16-11-13-17(14-12-16)10-7-4-5-8-15/h2-14H2,1H3. The number of rotatable bonds is 9. The van der Waals surface area contributed by atoms with Gasteiger partial charge >= 0.3 is 0 Å². The minimum atomic E-state index is 0.825. The van der Waals surface area contributed by atoms with Crippen LogP contribution in [0.1, 0.15) is 45.4 Å². The summed E-state index contributed by atoms with van der Waals surface area (Å²) < 4.78 is 0. The van der Waals surface area contributed by atoms with Crippen LogP contribution in [0, 0.1) is 0 Å². The third kappa shape index (κ3) is 7.28. The summed E-state index contributed by atoms with van der Waals surface area (Å²) in [5.41, 5.74) is 0. The Labute approximate surface area is 112 Å². The van der Waals surface area contributed by atoms with Crippen LogP contribution >= 0.6 is 11.6 Å². The normalized spacial score (nSPS) is 18.7. The lowest BCUT2D eigenvalue weighted by atomic mass is 10.2. The smallest absolute Gasteiger partial charge is 0.0223 e. The third-order valence-electron chi connectivity index (χ3n) is 3.65. The molecule has 0 aromatic heterocycles. The summed E-state index contributed by atoms with van der Waals surface area (Å²) in [5.74, 6) is 0.825. The Morgan fingerprint density at radius 1 is 0.765 bits per heavy atom. The number of unbranched alkanes of at least 4 members (excludes halogenated alkanes) is 4. The van der Waals surface area contributed by atoms with Crippen molar-refractivity contribution in [3.63, 3.8) is 0 Å². The molecule has 0 N–H and O–H groups in total. The molecule has 0 aromatic rings. The molecule has 0 amide bonds. The second-order valence-electron chi connectivity index (χ2n) is 5.14. The van der Waals surface area contributed by atoms with E-state index in [0.29, 0.717) is 0 Å². The van der Waals surface area contributed by atoms with Gasteiger partial charge in [-0.3, -0.25) is 0 Å². The van der Waals surface area contributed by atoms with Gasteiger partial charge in [-0.1, -0.05) is 26.2 Å². The quantitative estimate of drug-likeness (QED) is 0.464. The fourth-order valence-electron chi connectivity index (χ4n) is 2.43. The van der Waals surface area contributed by atoms with E-state index in [1.165, 1.54) is 77.8 Å². The van der Waals surface area contributed by atoms with E-state index in [1.54, 1.807) is 0 Å². The minimum Gasteiger partial charge on any atom is -0.301 e. The highest BCUT2D eigenvalue weighted by Gasteiger charge is 2.15. The molecule has 102 valence electrons. The van der Waals surface area contributed by atoms with Crippen molar-refractivity contribution in [2.24, 2.45) is 0 Å². The van der Waals surface area contributed by atoms with Gasteiger partial charge in [-0.25, -0.2) is 0 Å². The molecule has 2 nitrogen and oxygen atoms in total. The second-order valence-corrected chi connectivity index (χ2v) is 5.52. The summed E-state index contributed by atoms with van der Waals surface area (Å²) in [6, 6.07) is 0. The number of hydrogen-bond donors (Lipinski definition) is 0. The first-order valence-electron chi connectivity index (χ1n) is 7.37. The summed E-state index contributed by atoms with van der Waals surface area (Å²) in [6.07, 6.45) is 7.90. The van der Waals surface area contributed by atoms with Gasteiger partial charge in [-0.2, -0.15) is 0 Å². The molecule has 0 radical (unpaired) electrons. The van der Waals surface area contributed by atoms with E-state index in [9.17, 15) is 0 Å². The average molecular weight is 261 g/mol. The van der Waals surface area contributed by atoms with Crippen molar-refractivity contribution in [2.75, 3.05) is 45.1 Å². The maximum Gasteiger partial charge on any atom is 0.0223 e. The van der Waals surface area contributed by atoms with Gasteiger partial charge in [0.25, 0.3) is 0 Å². The van der Waals surface area contributed by atoms with Crippen LogP contribution in [0.25, 0.3) is 0 Å². The zero-order chi connectivity index (χ0) is 12.3. The Morgan fingerprint density at radius 2 is 1.29 bits per heavy atom. The lowest BCUT2D eigenvalue weighted by Gasteiger charge is -2.34. The molecule has 1 rings (SSSR count). The predicted molar refractivity (Wildman–Crippen MR) is 77.0 cm³/mol. The number of hydrogen-bond acceptors (Lipinski definition) is 2. The van der Waals surface area contributed by atoms with Crippen molar-refractivity contribution < 1.29 is 0 Å². The van der Waals surface area contributed by atoms with Gasteiger partial charge in [0.05, 0.1) is 0 Å². The van der Waals surface area contributed by atoms with E-state index >= 15 is 0 Å². The molecule has 0 spiro atoms. The van der Waals surface area contributed by atoms with Crippen LogP contribution in [0.4, 0.5) is 0 Å². The van der Waals surface area contributed by atoms with Crippen molar-refractivity contribution in [3.05, 3.63) is 0 Å². The molecular formula is C14H29ClN2. The average Bonchev–Trinajstić information content (AvgIpc) is 2.37. The summed E-state index contributed by atoms with van der Waals surface area (Å²) in [7, 11) is 0. The molecule has 0 bridgehead atoms. The van der Waals surface area contributed by atoms with E-state index in [-0.39, 0.29) is 0 Å². The lowest BCUT2D eigenvalue weighted by molar-refractivity contribution is 0.129. The number of halogens is 1. The zero-order valence-corrected chi connectivity index (χ0v) is 12.2. The third-order valence-corrected chi connectivity index (χ3v) is 3.92. The molecule has 3 heteroatoms. The van der Waals surface area contributed by atoms with E-state index in [4.69, 9.17) is 11.6 Å². The fourth-order valence-corrected chi connectivity index (χ4v) is 2.62. The summed E-state index contributed by atoms with van der Waals surface area (Å²) in [6.45, 7) is 9.96. The Balaban J connectivity index is 1.97. The molecule has 1 saturated heterocycles. The number of alkyl halides is 1. The van der Waals surface area contributed by atoms with E-state index in [1.807, 2.05) is 0 Å². The van der Waals surface area contributed by atoms with Gasteiger partial charge in [0, 0.05) is 32.1 Å². The van der Waals surface area contributed by atoms with Crippen molar-refractivity contribution in [3.8, 4) is 0 Å². The van der Waals surface area contributed by atoms with E-state index in [0.717, 1.165) is 5.88 Å². The molecule has 0 aliphatic carbocycles. The molecule has 1 aliphatic heterocycles. The highest BCUT2D eigenvalue weighted by Crippen LogP contribution is 2.06. The highest BCUT2D eigenvalue weighted by atomic mass is 35.5. The lowest BCUT2D eigenvalue weighted by Crippen LogP contribution is -2.46. The predicted octanol–water partition coefficient (Wildman–Crippen LogP) is 3.20. The van der Waals surface area contributed by atoms with Crippen LogP contribution in [0.15, 0.2) is 0 Å². The maximum absolute atomic E-state index is 5.68. The van der Waals surface area contributed by atoms with Crippen molar-refractivity contribution in [2.45, 2.75) is 45.4 Å². The molecule has 1 aliphatic rings. The minimum absolute atomic E-state index is 0.825. The molecule has 17 heavy (non-hydrogen) atoms.